The molecule has 408 valence electrons. The predicted molar refractivity (Wildman–Crippen MR) is 361 cm³/mol. The van der Waals surface area contributed by atoms with E-state index in [4.69, 9.17) is 23.2 Å². The maximum absolute atomic E-state index is 6.55. The zero-order valence-electron chi connectivity index (χ0n) is 46.9. The van der Waals surface area contributed by atoms with Crippen LogP contribution in [0.4, 0.5) is 0 Å². The lowest BCUT2D eigenvalue weighted by molar-refractivity contribution is 0.669. The molecule has 0 saturated carbocycles. The van der Waals surface area contributed by atoms with Crippen molar-refractivity contribution >= 4 is 142 Å². The van der Waals surface area contributed by atoms with Gasteiger partial charge in [0.15, 0.2) is 5.82 Å². The maximum Gasteiger partial charge on any atom is 0.160 e. The summed E-state index contributed by atoms with van der Waals surface area (Å²) in [5, 5.41) is 14.5. The Balaban J connectivity index is 0.810. The second-order valence-electron chi connectivity index (χ2n) is 23.1. The summed E-state index contributed by atoms with van der Waals surface area (Å²) >= 11 is 0. The lowest BCUT2D eigenvalue weighted by Gasteiger charge is -2.15. The van der Waals surface area contributed by atoms with E-state index < -0.39 is 0 Å². The van der Waals surface area contributed by atoms with Crippen molar-refractivity contribution in [3.63, 3.8) is 0 Å². The number of furan rings is 3. The van der Waals surface area contributed by atoms with Crippen molar-refractivity contribution in [1.82, 2.24) is 23.7 Å². The SMILES string of the molecule is c1cc(-c2ccc3nc(-c4cccc(-n5c6ccccc6c6ccc7oc8ccccc8c7c65)c4)nc(-c4cccc(-n5c6ccccc6c6ccc7oc8ccccc8c7c65)c4)c3c2)cc(-n2c3ccccc3c3ccc4oc5ccccc5c4c32)c1. The molecule has 0 bridgehead atoms. The fourth-order valence-corrected chi connectivity index (χ4v) is 14.7. The van der Waals surface area contributed by atoms with E-state index in [0.717, 1.165) is 166 Å². The normalized spacial score (nSPS) is 12.3. The highest BCUT2D eigenvalue weighted by atomic mass is 16.3. The molecule has 20 aromatic rings. The molecule has 0 N–H and O–H groups in total. The van der Waals surface area contributed by atoms with Gasteiger partial charge >= 0.3 is 0 Å². The van der Waals surface area contributed by atoms with E-state index in [2.05, 4.69) is 268 Å². The fraction of sp³-hybridized carbons (Fsp3) is 0. The van der Waals surface area contributed by atoms with E-state index in [1.165, 1.54) is 21.5 Å². The minimum Gasteiger partial charge on any atom is -0.456 e. The van der Waals surface area contributed by atoms with Gasteiger partial charge in [-0.2, -0.15) is 0 Å². The Morgan fingerprint density at radius 2 is 0.614 bits per heavy atom. The number of nitrogens with zero attached hydrogens (tertiary/aromatic N) is 5. The molecule has 0 amide bonds. The summed E-state index contributed by atoms with van der Waals surface area (Å²) in [7, 11) is 0. The van der Waals surface area contributed by atoms with Gasteiger partial charge in [0.25, 0.3) is 0 Å². The topological polar surface area (TPSA) is 80.0 Å². The highest BCUT2D eigenvalue weighted by Crippen LogP contribution is 2.46. The smallest absolute Gasteiger partial charge is 0.160 e. The number of hydrogen-bond donors (Lipinski definition) is 0. The van der Waals surface area contributed by atoms with E-state index in [1.54, 1.807) is 0 Å². The van der Waals surface area contributed by atoms with Gasteiger partial charge in [-0.05, 0) is 132 Å². The van der Waals surface area contributed by atoms with Crippen LogP contribution in [0.3, 0.4) is 0 Å². The summed E-state index contributed by atoms with van der Waals surface area (Å²) in [5.41, 5.74) is 20.5. The molecular formula is C80H45N5O3. The van der Waals surface area contributed by atoms with Gasteiger partial charge in [-0.1, -0.05) is 152 Å². The lowest BCUT2D eigenvalue weighted by atomic mass is 9.99. The summed E-state index contributed by atoms with van der Waals surface area (Å²) in [4.78, 5) is 11.3. The molecule has 7 aromatic heterocycles. The summed E-state index contributed by atoms with van der Waals surface area (Å²) in [6.45, 7) is 0. The third-order valence-electron chi connectivity index (χ3n) is 18.4. The van der Waals surface area contributed by atoms with Gasteiger partial charge in [-0.3, -0.25) is 0 Å². The Labute approximate surface area is 500 Å². The number of benzene rings is 13. The van der Waals surface area contributed by atoms with Gasteiger partial charge in [0.2, 0.25) is 0 Å². The van der Waals surface area contributed by atoms with Crippen molar-refractivity contribution in [2.75, 3.05) is 0 Å². The third-order valence-corrected chi connectivity index (χ3v) is 18.4. The first-order chi connectivity index (χ1) is 43.6. The Morgan fingerprint density at radius 1 is 0.239 bits per heavy atom. The second-order valence-corrected chi connectivity index (χ2v) is 23.1. The van der Waals surface area contributed by atoms with Crippen LogP contribution in [0.5, 0.6) is 0 Å². The van der Waals surface area contributed by atoms with Crippen LogP contribution in [0.1, 0.15) is 0 Å². The Kier molecular flexibility index (Phi) is 9.57. The van der Waals surface area contributed by atoms with Crippen molar-refractivity contribution in [2.24, 2.45) is 0 Å². The van der Waals surface area contributed by atoms with Crippen LogP contribution in [-0.2, 0) is 0 Å². The van der Waals surface area contributed by atoms with Crippen LogP contribution < -0.4 is 0 Å². The Hall–Kier alpha value is -12.0. The van der Waals surface area contributed by atoms with Crippen LogP contribution in [0.25, 0.3) is 193 Å². The summed E-state index contributed by atoms with van der Waals surface area (Å²) in [5.74, 6) is 0.622. The highest BCUT2D eigenvalue weighted by Gasteiger charge is 2.24. The molecule has 0 fully saturated rings. The standard InChI is InChI=1S/C80H45N5O3/c1-7-28-64-53(22-1)56-35-39-70-73(59-25-4-10-31-67(59)86-70)77(56)83(64)50-19-13-16-46(42-50)47-34-38-63-62(45-47)76(48-17-14-20-51(43-48)84-65-29-8-2-23-54(65)57-36-40-71-74(78(57)84)60-26-5-11-32-68(60)87-71)82-80(81-63)49-18-15-21-52(44-49)85-66-30-9-3-24-55(66)58-37-41-72-75(79(58)85)61-27-6-12-33-69(61)88-72/h1-45H. The second kappa shape index (κ2) is 17.8. The average Bonchev–Trinajstić information content (AvgIpc) is 1.69. The average molecular weight is 1120 g/mol. The number of para-hydroxylation sites is 6. The van der Waals surface area contributed by atoms with Crippen molar-refractivity contribution in [3.8, 4) is 50.8 Å². The molecule has 88 heavy (non-hydrogen) atoms. The molecule has 13 aromatic carbocycles. The van der Waals surface area contributed by atoms with E-state index >= 15 is 0 Å². The molecule has 0 aliphatic rings. The van der Waals surface area contributed by atoms with Crippen molar-refractivity contribution in [3.05, 3.63) is 273 Å². The Bertz CT molecular complexity index is 6400. The van der Waals surface area contributed by atoms with Gasteiger partial charge in [-0.15, -0.1) is 0 Å². The highest BCUT2D eigenvalue weighted by molar-refractivity contribution is 6.27. The molecule has 7 heterocycles. The quantitative estimate of drug-likeness (QED) is 0.166. The molecular weight excluding hydrogens is 1080 g/mol. The first-order valence-electron chi connectivity index (χ1n) is 29.8. The van der Waals surface area contributed by atoms with E-state index in [9.17, 15) is 0 Å². The van der Waals surface area contributed by atoms with Gasteiger partial charge in [0, 0.05) is 82.1 Å². The van der Waals surface area contributed by atoms with Gasteiger partial charge in [-0.25, -0.2) is 9.97 Å². The molecule has 8 heteroatoms. The monoisotopic (exact) mass is 1120 g/mol. The molecule has 20 rings (SSSR count). The zero-order chi connectivity index (χ0) is 57.3. The van der Waals surface area contributed by atoms with Crippen LogP contribution in [-0.4, -0.2) is 23.7 Å². The van der Waals surface area contributed by atoms with Gasteiger partial charge < -0.3 is 27.0 Å². The van der Waals surface area contributed by atoms with Crippen molar-refractivity contribution in [1.29, 1.82) is 0 Å². The third kappa shape index (κ3) is 6.62. The fourth-order valence-electron chi connectivity index (χ4n) is 14.7. The first-order valence-corrected chi connectivity index (χ1v) is 29.8. The summed E-state index contributed by atoms with van der Waals surface area (Å²) in [6, 6.07) is 97.2. The molecule has 0 spiro atoms. The number of rotatable bonds is 6. The zero-order valence-corrected chi connectivity index (χ0v) is 46.9. The molecule has 8 nitrogen and oxygen atoms in total. The summed E-state index contributed by atoms with van der Waals surface area (Å²) < 4.78 is 26.8. The minimum absolute atomic E-state index is 0.622. The van der Waals surface area contributed by atoms with E-state index in [0.29, 0.717) is 5.82 Å². The van der Waals surface area contributed by atoms with Crippen LogP contribution in [0.2, 0.25) is 0 Å². The number of hydrogen-bond acceptors (Lipinski definition) is 5. The molecule has 0 aliphatic heterocycles. The molecule has 0 unspecified atom stereocenters. The first kappa shape index (κ1) is 47.4. The lowest BCUT2D eigenvalue weighted by Crippen LogP contribution is -1.99. The van der Waals surface area contributed by atoms with Crippen LogP contribution in [0, 0.1) is 0 Å². The minimum atomic E-state index is 0.622. The molecule has 0 aliphatic carbocycles. The Morgan fingerprint density at radius 3 is 1.08 bits per heavy atom. The van der Waals surface area contributed by atoms with Gasteiger partial charge in [0.1, 0.15) is 33.5 Å². The number of aromatic nitrogens is 5. The van der Waals surface area contributed by atoms with E-state index in [1.807, 2.05) is 18.2 Å². The molecule has 0 atom stereocenters. The maximum atomic E-state index is 6.55. The molecule has 0 radical (unpaired) electrons. The largest absolute Gasteiger partial charge is 0.456 e. The number of fused-ring (bicyclic) bond motifs is 22. The van der Waals surface area contributed by atoms with Gasteiger partial charge in [0.05, 0.1) is 60.5 Å². The van der Waals surface area contributed by atoms with Crippen LogP contribution >= 0.6 is 0 Å². The van der Waals surface area contributed by atoms with Crippen LogP contribution in [0.15, 0.2) is 286 Å². The summed E-state index contributed by atoms with van der Waals surface area (Å²) in [6.07, 6.45) is 0. The van der Waals surface area contributed by atoms with Crippen molar-refractivity contribution in [2.45, 2.75) is 0 Å². The molecule has 0 saturated heterocycles. The van der Waals surface area contributed by atoms with Crippen molar-refractivity contribution < 1.29 is 13.3 Å². The van der Waals surface area contributed by atoms with E-state index in [-0.39, 0.29) is 0 Å². The predicted octanol–water partition coefficient (Wildman–Crippen LogP) is 21.6.